The van der Waals surface area contributed by atoms with E-state index in [0.717, 1.165) is 42.8 Å². The number of fused-ring (bicyclic) bond motifs is 2. The van der Waals surface area contributed by atoms with Gasteiger partial charge in [-0.2, -0.15) is 0 Å². The van der Waals surface area contributed by atoms with Gasteiger partial charge in [-0.1, -0.05) is 37.1 Å². The van der Waals surface area contributed by atoms with E-state index in [1.807, 2.05) is 12.3 Å². The van der Waals surface area contributed by atoms with Crippen molar-refractivity contribution < 1.29 is 0 Å². The fraction of sp³-hybridized carbons (Fsp3) is 0.545. The van der Waals surface area contributed by atoms with Crippen LogP contribution in [0.5, 0.6) is 0 Å². The standard InChI is InChI=1S/C22H30N4/c1-2-23-22(26-15-19-7-3-4-8-20(19)16-26)25-14-12-18-10-5-9-17-11-6-13-24-21(17)18/h5-6,9-11,13,19-20H,2-4,7-8,12,14-16H2,1H3,(H,23,25). The first-order valence-corrected chi connectivity index (χ1v) is 10.2. The summed E-state index contributed by atoms with van der Waals surface area (Å²) in [5.74, 6) is 2.87. The summed E-state index contributed by atoms with van der Waals surface area (Å²) in [5, 5.41) is 4.73. The molecule has 1 saturated heterocycles. The number of nitrogens with zero attached hydrogens (tertiary/aromatic N) is 3. The summed E-state index contributed by atoms with van der Waals surface area (Å²) < 4.78 is 0. The molecule has 0 amide bonds. The molecule has 2 heterocycles. The fourth-order valence-electron chi connectivity index (χ4n) is 4.66. The SMILES string of the molecule is CCNC(=NCCc1cccc2cccnc12)N1CC2CCCCC2C1. The summed E-state index contributed by atoms with van der Waals surface area (Å²) in [5.41, 5.74) is 2.40. The van der Waals surface area contributed by atoms with E-state index in [1.165, 1.54) is 49.7 Å². The van der Waals surface area contributed by atoms with Crippen molar-refractivity contribution in [3.63, 3.8) is 0 Å². The van der Waals surface area contributed by atoms with E-state index >= 15 is 0 Å². The van der Waals surface area contributed by atoms with Crippen molar-refractivity contribution in [2.24, 2.45) is 16.8 Å². The van der Waals surface area contributed by atoms with Gasteiger partial charge in [-0.3, -0.25) is 9.98 Å². The molecule has 1 aliphatic heterocycles. The van der Waals surface area contributed by atoms with Crippen LogP contribution in [-0.2, 0) is 6.42 Å². The second-order valence-electron chi connectivity index (χ2n) is 7.69. The zero-order chi connectivity index (χ0) is 17.8. The number of pyridine rings is 1. The first-order chi connectivity index (χ1) is 12.8. The molecule has 4 heteroatoms. The smallest absolute Gasteiger partial charge is 0.193 e. The third-order valence-corrected chi connectivity index (χ3v) is 5.97. The maximum Gasteiger partial charge on any atom is 0.193 e. The number of rotatable bonds is 4. The number of guanidine groups is 1. The summed E-state index contributed by atoms with van der Waals surface area (Å²) in [7, 11) is 0. The predicted molar refractivity (Wildman–Crippen MR) is 108 cm³/mol. The molecular formula is C22H30N4. The number of hydrogen-bond donors (Lipinski definition) is 1. The maximum absolute atomic E-state index is 4.96. The van der Waals surface area contributed by atoms with E-state index in [4.69, 9.17) is 4.99 Å². The monoisotopic (exact) mass is 350 g/mol. The molecule has 4 rings (SSSR count). The van der Waals surface area contributed by atoms with Gasteiger partial charge in [0.25, 0.3) is 0 Å². The number of nitrogens with one attached hydrogen (secondary N) is 1. The summed E-state index contributed by atoms with van der Waals surface area (Å²) in [6.45, 7) is 6.27. The lowest BCUT2D eigenvalue weighted by Gasteiger charge is -2.22. The lowest BCUT2D eigenvalue weighted by atomic mass is 9.82. The molecule has 0 bridgehead atoms. The first-order valence-electron chi connectivity index (χ1n) is 10.2. The highest BCUT2D eigenvalue weighted by atomic mass is 15.3. The molecule has 1 aromatic carbocycles. The molecule has 4 nitrogen and oxygen atoms in total. The minimum atomic E-state index is 0.809. The third kappa shape index (κ3) is 3.69. The molecule has 138 valence electrons. The van der Waals surface area contributed by atoms with Gasteiger partial charge in [0.2, 0.25) is 0 Å². The van der Waals surface area contributed by atoms with Crippen molar-refractivity contribution >= 4 is 16.9 Å². The Balaban J connectivity index is 1.44. The van der Waals surface area contributed by atoms with E-state index in [1.54, 1.807) is 0 Å². The zero-order valence-corrected chi connectivity index (χ0v) is 15.8. The molecule has 2 atom stereocenters. The van der Waals surface area contributed by atoms with Crippen LogP contribution in [0.3, 0.4) is 0 Å². The number of para-hydroxylation sites is 1. The van der Waals surface area contributed by atoms with Crippen LogP contribution < -0.4 is 5.32 Å². The summed E-state index contributed by atoms with van der Waals surface area (Å²) in [4.78, 5) is 12.0. The molecule has 1 saturated carbocycles. The van der Waals surface area contributed by atoms with Gasteiger partial charge in [-0.15, -0.1) is 0 Å². The van der Waals surface area contributed by atoms with Crippen molar-refractivity contribution in [2.45, 2.75) is 39.0 Å². The van der Waals surface area contributed by atoms with Crippen LogP contribution in [-0.4, -0.2) is 42.0 Å². The fourth-order valence-corrected chi connectivity index (χ4v) is 4.66. The summed E-state index contributed by atoms with van der Waals surface area (Å²) >= 11 is 0. The van der Waals surface area contributed by atoms with E-state index < -0.39 is 0 Å². The molecule has 2 aliphatic rings. The number of benzene rings is 1. The van der Waals surface area contributed by atoms with E-state index in [2.05, 4.69) is 46.4 Å². The van der Waals surface area contributed by atoms with E-state index in [-0.39, 0.29) is 0 Å². The van der Waals surface area contributed by atoms with Crippen LogP contribution in [0.2, 0.25) is 0 Å². The molecule has 2 aromatic rings. The Hall–Kier alpha value is -2.10. The second-order valence-corrected chi connectivity index (χ2v) is 7.69. The second kappa shape index (κ2) is 8.07. The van der Waals surface area contributed by atoms with Crippen LogP contribution in [0.25, 0.3) is 10.9 Å². The van der Waals surface area contributed by atoms with Gasteiger partial charge < -0.3 is 10.2 Å². The quantitative estimate of drug-likeness (QED) is 0.672. The molecule has 26 heavy (non-hydrogen) atoms. The largest absolute Gasteiger partial charge is 0.357 e. The van der Waals surface area contributed by atoms with Gasteiger partial charge >= 0.3 is 0 Å². The van der Waals surface area contributed by atoms with Crippen molar-refractivity contribution in [1.82, 2.24) is 15.2 Å². The Morgan fingerprint density at radius 3 is 2.69 bits per heavy atom. The molecule has 2 unspecified atom stereocenters. The van der Waals surface area contributed by atoms with Crippen LogP contribution in [0.1, 0.15) is 38.2 Å². The van der Waals surface area contributed by atoms with Crippen molar-refractivity contribution in [3.05, 3.63) is 42.1 Å². The molecular weight excluding hydrogens is 320 g/mol. The van der Waals surface area contributed by atoms with Crippen LogP contribution in [0.4, 0.5) is 0 Å². The van der Waals surface area contributed by atoms with E-state index in [0.29, 0.717) is 0 Å². The third-order valence-electron chi connectivity index (χ3n) is 5.97. The molecule has 2 fully saturated rings. The Labute approximate surface area is 156 Å². The minimum absolute atomic E-state index is 0.809. The molecule has 0 radical (unpaired) electrons. The number of likely N-dealkylation sites (tertiary alicyclic amines) is 1. The summed E-state index contributed by atoms with van der Waals surface area (Å²) in [6, 6.07) is 10.6. The van der Waals surface area contributed by atoms with Gasteiger partial charge in [0.05, 0.1) is 5.52 Å². The Morgan fingerprint density at radius 1 is 1.15 bits per heavy atom. The number of hydrogen-bond acceptors (Lipinski definition) is 2. The average molecular weight is 351 g/mol. The van der Waals surface area contributed by atoms with Crippen molar-refractivity contribution in [1.29, 1.82) is 0 Å². The summed E-state index contributed by atoms with van der Waals surface area (Å²) in [6.07, 6.45) is 8.45. The number of aliphatic imine (C=N–C) groups is 1. The molecule has 0 spiro atoms. The Bertz CT molecular complexity index is 750. The van der Waals surface area contributed by atoms with Gasteiger partial charge in [-0.25, -0.2) is 0 Å². The van der Waals surface area contributed by atoms with Gasteiger partial charge in [-0.05, 0) is 49.7 Å². The highest BCUT2D eigenvalue weighted by molar-refractivity contribution is 5.82. The zero-order valence-electron chi connectivity index (χ0n) is 15.8. The van der Waals surface area contributed by atoms with Crippen molar-refractivity contribution in [2.75, 3.05) is 26.2 Å². The lowest BCUT2D eigenvalue weighted by Crippen LogP contribution is -2.40. The Morgan fingerprint density at radius 2 is 1.92 bits per heavy atom. The first kappa shape index (κ1) is 17.3. The predicted octanol–water partition coefficient (Wildman–Crippen LogP) is 3.86. The maximum atomic E-state index is 4.96. The highest BCUT2D eigenvalue weighted by Gasteiger charge is 2.35. The number of aromatic nitrogens is 1. The molecule has 1 aromatic heterocycles. The molecule has 1 N–H and O–H groups in total. The Kier molecular flexibility index (Phi) is 5.37. The average Bonchev–Trinajstić information content (AvgIpc) is 3.11. The van der Waals surface area contributed by atoms with Gasteiger partial charge in [0.15, 0.2) is 5.96 Å². The highest BCUT2D eigenvalue weighted by Crippen LogP contribution is 2.35. The van der Waals surface area contributed by atoms with Crippen molar-refractivity contribution in [3.8, 4) is 0 Å². The van der Waals surface area contributed by atoms with Crippen LogP contribution in [0, 0.1) is 11.8 Å². The van der Waals surface area contributed by atoms with Crippen LogP contribution >= 0.6 is 0 Å². The van der Waals surface area contributed by atoms with Gasteiger partial charge in [0, 0.05) is 37.8 Å². The topological polar surface area (TPSA) is 40.5 Å². The molecule has 1 aliphatic carbocycles. The van der Waals surface area contributed by atoms with E-state index in [9.17, 15) is 0 Å². The van der Waals surface area contributed by atoms with Gasteiger partial charge in [0.1, 0.15) is 0 Å². The minimum Gasteiger partial charge on any atom is -0.357 e. The van der Waals surface area contributed by atoms with Crippen LogP contribution in [0.15, 0.2) is 41.5 Å². The lowest BCUT2D eigenvalue weighted by molar-refractivity contribution is 0.299. The normalized spacial score (nSPS) is 23.3.